The molecule has 4 rings (SSSR count). The molecule has 0 aliphatic carbocycles. The molecule has 1 unspecified atom stereocenters. The highest BCUT2D eigenvalue weighted by Crippen LogP contribution is 2.61. The van der Waals surface area contributed by atoms with Crippen molar-refractivity contribution in [2.24, 2.45) is 5.10 Å². The van der Waals surface area contributed by atoms with Gasteiger partial charge in [0.15, 0.2) is 0 Å². The van der Waals surface area contributed by atoms with Crippen molar-refractivity contribution < 1.29 is 23.8 Å². The summed E-state index contributed by atoms with van der Waals surface area (Å²) in [6.07, 6.45) is 0. The summed E-state index contributed by atoms with van der Waals surface area (Å²) in [5.41, 5.74) is 2.16. The van der Waals surface area contributed by atoms with Gasteiger partial charge in [-0.05, 0) is 49.9 Å². The standard InChI is InChI=1S/C23H23N3O5S2/c1-5-31-21(27)19-15(2)25(16-11-7-6-8-12-16)23(32-19)26(24-20(33-23)22(28)30-4)17-13-9-10-14-18(17)29-3/h6-14H,5H2,1-4H3. The maximum absolute atomic E-state index is 12.9. The van der Waals surface area contributed by atoms with Crippen LogP contribution in [0.25, 0.3) is 0 Å². The van der Waals surface area contributed by atoms with Crippen molar-refractivity contribution in [3.63, 3.8) is 0 Å². The first-order valence-electron chi connectivity index (χ1n) is 10.2. The molecule has 0 saturated carbocycles. The Morgan fingerprint density at radius 1 is 1.00 bits per heavy atom. The molecular formula is C23H23N3O5S2. The average Bonchev–Trinajstić information content (AvgIpc) is 3.36. The first-order valence-corrected chi connectivity index (χ1v) is 11.8. The second-order valence-corrected chi connectivity index (χ2v) is 9.54. The van der Waals surface area contributed by atoms with E-state index in [-0.39, 0.29) is 11.7 Å². The fraction of sp³-hybridized carbons (Fsp3) is 0.261. The van der Waals surface area contributed by atoms with Gasteiger partial charge in [0.2, 0.25) is 9.37 Å². The van der Waals surface area contributed by atoms with Gasteiger partial charge in [0.1, 0.15) is 16.3 Å². The lowest BCUT2D eigenvalue weighted by atomic mass is 10.2. The normalized spacial score (nSPS) is 19.7. The number of nitrogens with zero attached hydrogens (tertiary/aromatic N) is 3. The smallest absolute Gasteiger partial charge is 0.365 e. The minimum absolute atomic E-state index is 0.162. The maximum Gasteiger partial charge on any atom is 0.365 e. The third-order valence-electron chi connectivity index (χ3n) is 5.02. The van der Waals surface area contributed by atoms with Gasteiger partial charge in [-0.3, -0.25) is 0 Å². The Morgan fingerprint density at radius 2 is 1.70 bits per heavy atom. The number of rotatable bonds is 6. The van der Waals surface area contributed by atoms with Crippen LogP contribution in [0.5, 0.6) is 5.75 Å². The molecular weight excluding hydrogens is 462 g/mol. The van der Waals surface area contributed by atoms with E-state index in [0.717, 1.165) is 5.69 Å². The molecule has 0 amide bonds. The maximum atomic E-state index is 12.9. The molecule has 33 heavy (non-hydrogen) atoms. The monoisotopic (exact) mass is 485 g/mol. The zero-order valence-corrected chi connectivity index (χ0v) is 20.2. The number of hydrogen-bond donors (Lipinski definition) is 0. The minimum Gasteiger partial charge on any atom is -0.495 e. The summed E-state index contributed by atoms with van der Waals surface area (Å²) in [7, 11) is 2.89. The summed E-state index contributed by atoms with van der Waals surface area (Å²) < 4.78 is 14.8. The SMILES string of the molecule is CCOC(=O)C1=C(C)N(c2ccccc2)C2(SC(C(=O)OC)=NN2c2ccccc2OC)S1. The summed E-state index contributed by atoms with van der Waals surface area (Å²) in [4.78, 5) is 27.9. The number of hydrogen-bond acceptors (Lipinski definition) is 10. The van der Waals surface area contributed by atoms with E-state index >= 15 is 0 Å². The van der Waals surface area contributed by atoms with Crippen molar-refractivity contribution in [2.45, 2.75) is 18.2 Å². The summed E-state index contributed by atoms with van der Waals surface area (Å²) in [5, 5.41) is 6.51. The molecule has 0 radical (unpaired) electrons. The van der Waals surface area contributed by atoms with Gasteiger partial charge >= 0.3 is 11.9 Å². The number of para-hydroxylation sites is 3. The van der Waals surface area contributed by atoms with Gasteiger partial charge in [-0.15, -0.1) is 0 Å². The van der Waals surface area contributed by atoms with Crippen molar-refractivity contribution in [2.75, 3.05) is 30.7 Å². The molecule has 2 aliphatic heterocycles. The number of hydrazone groups is 1. The molecule has 0 N–H and O–H groups in total. The van der Waals surface area contributed by atoms with Crippen molar-refractivity contribution in [3.05, 3.63) is 65.2 Å². The second-order valence-electron chi connectivity index (χ2n) is 6.94. The fourth-order valence-corrected chi connectivity index (χ4v) is 6.57. The number of carbonyl (C=O) groups is 2. The van der Waals surface area contributed by atoms with Crippen LogP contribution in [0.15, 0.2) is 70.3 Å². The second kappa shape index (κ2) is 9.40. The lowest BCUT2D eigenvalue weighted by molar-refractivity contribution is -0.137. The third kappa shape index (κ3) is 3.93. The Balaban J connectivity index is 1.93. The number of methoxy groups -OCH3 is 2. The molecule has 1 atom stereocenters. The van der Waals surface area contributed by atoms with Crippen molar-refractivity contribution in [1.82, 2.24) is 0 Å². The molecule has 10 heteroatoms. The predicted molar refractivity (Wildman–Crippen MR) is 131 cm³/mol. The summed E-state index contributed by atoms with van der Waals surface area (Å²) in [5.74, 6) is -0.416. The van der Waals surface area contributed by atoms with Gasteiger partial charge in [-0.25, -0.2) is 14.6 Å². The predicted octanol–water partition coefficient (Wildman–Crippen LogP) is 4.39. The number of allylic oxidation sites excluding steroid dienone is 1. The van der Waals surface area contributed by atoms with E-state index in [2.05, 4.69) is 5.10 Å². The molecule has 2 aliphatic rings. The summed E-state index contributed by atoms with van der Waals surface area (Å²) in [6.45, 7) is 3.88. The molecule has 172 valence electrons. The molecule has 0 saturated heterocycles. The molecule has 1 spiro atoms. The fourth-order valence-electron chi connectivity index (χ4n) is 3.61. The summed E-state index contributed by atoms with van der Waals surface area (Å²) in [6, 6.07) is 17.0. The van der Waals surface area contributed by atoms with Crippen molar-refractivity contribution >= 4 is 51.9 Å². The topological polar surface area (TPSA) is 80.7 Å². The Kier molecular flexibility index (Phi) is 6.57. The molecule has 0 aromatic heterocycles. The first-order chi connectivity index (χ1) is 16.0. The zero-order chi connectivity index (χ0) is 23.6. The minimum atomic E-state index is -1.06. The van der Waals surface area contributed by atoms with Crippen LogP contribution in [-0.4, -0.2) is 42.1 Å². The number of anilines is 2. The zero-order valence-electron chi connectivity index (χ0n) is 18.6. The van der Waals surface area contributed by atoms with E-state index in [4.69, 9.17) is 14.2 Å². The number of benzene rings is 2. The quantitative estimate of drug-likeness (QED) is 0.553. The number of carbonyl (C=O) groups excluding carboxylic acids is 2. The summed E-state index contributed by atoms with van der Waals surface area (Å²) >= 11 is 2.48. The van der Waals surface area contributed by atoms with Crippen LogP contribution in [0.4, 0.5) is 11.4 Å². The lowest BCUT2D eigenvalue weighted by Crippen LogP contribution is -2.49. The third-order valence-corrected chi connectivity index (χ3v) is 7.87. The van der Waals surface area contributed by atoms with Crippen LogP contribution in [0.3, 0.4) is 0 Å². The van der Waals surface area contributed by atoms with Gasteiger partial charge in [0, 0.05) is 11.4 Å². The highest BCUT2D eigenvalue weighted by atomic mass is 32.2. The van der Waals surface area contributed by atoms with E-state index in [1.807, 2.05) is 66.4 Å². The number of thioether (sulfide) groups is 2. The first kappa shape index (κ1) is 23.1. The van der Waals surface area contributed by atoms with Gasteiger partial charge in [0.25, 0.3) is 0 Å². The van der Waals surface area contributed by atoms with E-state index in [9.17, 15) is 9.59 Å². The van der Waals surface area contributed by atoms with Gasteiger partial charge in [-0.2, -0.15) is 5.10 Å². The number of ether oxygens (including phenoxy) is 3. The van der Waals surface area contributed by atoms with Crippen LogP contribution in [0, 0.1) is 0 Å². The van der Waals surface area contributed by atoms with E-state index in [0.29, 0.717) is 22.0 Å². The molecule has 0 bridgehead atoms. The van der Waals surface area contributed by atoms with Gasteiger partial charge in [-0.1, -0.05) is 42.1 Å². The Bertz CT molecular complexity index is 1140. The van der Waals surface area contributed by atoms with Crippen LogP contribution in [0.1, 0.15) is 13.8 Å². The Morgan fingerprint density at radius 3 is 2.36 bits per heavy atom. The van der Waals surface area contributed by atoms with E-state index < -0.39 is 16.3 Å². The van der Waals surface area contributed by atoms with Crippen LogP contribution in [0.2, 0.25) is 0 Å². The Hall–Kier alpha value is -3.11. The van der Waals surface area contributed by atoms with Crippen LogP contribution >= 0.6 is 23.5 Å². The molecule has 2 aromatic carbocycles. The molecule has 0 fully saturated rings. The van der Waals surface area contributed by atoms with Crippen LogP contribution in [-0.2, 0) is 19.1 Å². The lowest BCUT2D eigenvalue weighted by Gasteiger charge is -2.41. The van der Waals surface area contributed by atoms with E-state index in [1.54, 1.807) is 19.0 Å². The Labute approximate surface area is 200 Å². The highest BCUT2D eigenvalue weighted by molar-refractivity contribution is 8.29. The average molecular weight is 486 g/mol. The van der Waals surface area contributed by atoms with Crippen molar-refractivity contribution in [1.29, 1.82) is 0 Å². The van der Waals surface area contributed by atoms with Crippen molar-refractivity contribution in [3.8, 4) is 5.75 Å². The molecule has 2 aromatic rings. The van der Waals surface area contributed by atoms with Gasteiger partial charge in [0.05, 0.1) is 20.8 Å². The van der Waals surface area contributed by atoms with Crippen LogP contribution < -0.4 is 14.6 Å². The molecule has 2 heterocycles. The molecule has 8 nitrogen and oxygen atoms in total. The largest absolute Gasteiger partial charge is 0.495 e. The van der Waals surface area contributed by atoms with Gasteiger partial charge < -0.3 is 19.1 Å². The number of esters is 2. The highest BCUT2D eigenvalue weighted by Gasteiger charge is 2.59. The van der Waals surface area contributed by atoms with E-state index in [1.165, 1.54) is 30.6 Å².